The minimum atomic E-state index is 0.585. The molecule has 1 heterocycles. The largest absolute Gasteiger partial charge is 0.397 e. The van der Waals surface area contributed by atoms with Gasteiger partial charge in [0.25, 0.3) is 0 Å². The number of hydrogen-bond donors (Lipinski definition) is 2. The van der Waals surface area contributed by atoms with Crippen LogP contribution in [0.4, 0.5) is 11.4 Å². The first-order valence-corrected chi connectivity index (χ1v) is 6.55. The van der Waals surface area contributed by atoms with Crippen LogP contribution < -0.4 is 11.1 Å². The van der Waals surface area contributed by atoms with Gasteiger partial charge in [0.2, 0.25) is 0 Å². The van der Waals surface area contributed by atoms with Crippen molar-refractivity contribution in [2.24, 2.45) is 5.92 Å². The summed E-state index contributed by atoms with van der Waals surface area (Å²) in [6, 6.07) is 6.03. The summed E-state index contributed by atoms with van der Waals surface area (Å²) in [6.07, 6.45) is 0. The first-order chi connectivity index (χ1) is 8.99. The zero-order valence-electron chi connectivity index (χ0n) is 11.9. The van der Waals surface area contributed by atoms with Crippen molar-refractivity contribution >= 4 is 11.4 Å². The molecule has 0 spiro atoms. The normalized spacial score (nSPS) is 11.0. The summed E-state index contributed by atoms with van der Waals surface area (Å²) in [7, 11) is 0. The molecule has 0 saturated heterocycles. The summed E-state index contributed by atoms with van der Waals surface area (Å²) in [5.74, 6) is 1.40. The molecule has 3 N–H and O–H groups in total. The van der Waals surface area contributed by atoms with E-state index in [1.807, 2.05) is 32.0 Å². The summed E-state index contributed by atoms with van der Waals surface area (Å²) < 4.78 is 5.19. The van der Waals surface area contributed by atoms with Crippen LogP contribution >= 0.6 is 0 Å². The Bertz CT molecular complexity index is 553. The lowest BCUT2D eigenvalue weighted by atomic mass is 10.0. The minimum absolute atomic E-state index is 0.585. The molecule has 0 unspecified atom stereocenters. The number of benzene rings is 1. The van der Waals surface area contributed by atoms with E-state index in [0.29, 0.717) is 5.92 Å². The molecule has 0 saturated carbocycles. The van der Waals surface area contributed by atoms with Gasteiger partial charge in [0.05, 0.1) is 17.1 Å². The number of rotatable bonds is 4. The van der Waals surface area contributed by atoms with Gasteiger partial charge in [-0.05, 0) is 37.5 Å². The minimum Gasteiger partial charge on any atom is -0.397 e. The summed E-state index contributed by atoms with van der Waals surface area (Å²) in [4.78, 5) is 0. The molecule has 102 valence electrons. The number of aromatic nitrogens is 1. The summed E-state index contributed by atoms with van der Waals surface area (Å²) >= 11 is 0. The summed E-state index contributed by atoms with van der Waals surface area (Å²) in [5, 5.41) is 7.32. The fraction of sp³-hybridized carbons (Fsp3) is 0.400. The van der Waals surface area contributed by atoms with E-state index in [9.17, 15) is 0 Å². The quantitative estimate of drug-likeness (QED) is 0.823. The highest BCUT2D eigenvalue weighted by molar-refractivity contribution is 5.77. The molecule has 4 nitrogen and oxygen atoms in total. The van der Waals surface area contributed by atoms with Gasteiger partial charge in [0.15, 0.2) is 0 Å². The van der Waals surface area contributed by atoms with Gasteiger partial charge in [0.1, 0.15) is 5.76 Å². The third-order valence-corrected chi connectivity index (χ3v) is 3.07. The van der Waals surface area contributed by atoms with Crippen molar-refractivity contribution in [3.05, 3.63) is 29.7 Å². The average molecular weight is 259 g/mol. The molecule has 0 aliphatic heterocycles. The van der Waals surface area contributed by atoms with Crippen LogP contribution in [-0.4, -0.2) is 11.7 Å². The standard InChI is InChI=1S/C15H21N3O/c1-9(2)8-17-14-6-5-12(7-13(14)16)15-10(3)18-19-11(15)4/h5-7,9,17H,8,16H2,1-4H3. The number of nitrogens with one attached hydrogen (secondary N) is 1. The number of nitrogens with zero attached hydrogens (tertiary/aromatic N) is 1. The molecule has 0 atom stereocenters. The fourth-order valence-electron chi connectivity index (χ4n) is 2.09. The Morgan fingerprint density at radius 2 is 2.05 bits per heavy atom. The average Bonchev–Trinajstić information content (AvgIpc) is 2.67. The first kappa shape index (κ1) is 13.5. The highest BCUT2D eigenvalue weighted by atomic mass is 16.5. The molecule has 0 fully saturated rings. The van der Waals surface area contributed by atoms with Crippen LogP contribution in [-0.2, 0) is 0 Å². The monoisotopic (exact) mass is 259 g/mol. The molecule has 0 amide bonds. The van der Waals surface area contributed by atoms with Crippen molar-refractivity contribution in [3.63, 3.8) is 0 Å². The number of aryl methyl sites for hydroxylation is 2. The highest BCUT2D eigenvalue weighted by Gasteiger charge is 2.12. The molecule has 2 aromatic rings. The molecule has 1 aromatic heterocycles. The van der Waals surface area contributed by atoms with E-state index in [1.54, 1.807) is 0 Å². The Morgan fingerprint density at radius 1 is 1.32 bits per heavy atom. The van der Waals surface area contributed by atoms with Gasteiger partial charge in [-0.1, -0.05) is 25.1 Å². The topological polar surface area (TPSA) is 64.1 Å². The summed E-state index contributed by atoms with van der Waals surface area (Å²) in [5.41, 5.74) is 10.8. The molecule has 0 aliphatic rings. The van der Waals surface area contributed by atoms with Crippen LogP contribution in [0.1, 0.15) is 25.3 Å². The van der Waals surface area contributed by atoms with Crippen molar-refractivity contribution in [1.29, 1.82) is 0 Å². The highest BCUT2D eigenvalue weighted by Crippen LogP contribution is 2.31. The van der Waals surface area contributed by atoms with E-state index in [0.717, 1.165) is 40.5 Å². The van der Waals surface area contributed by atoms with Crippen LogP contribution in [0, 0.1) is 19.8 Å². The van der Waals surface area contributed by atoms with Crippen LogP contribution in [0.2, 0.25) is 0 Å². The van der Waals surface area contributed by atoms with Crippen LogP contribution in [0.25, 0.3) is 11.1 Å². The zero-order valence-corrected chi connectivity index (χ0v) is 11.9. The molecule has 0 aliphatic carbocycles. The van der Waals surface area contributed by atoms with Crippen LogP contribution in [0.15, 0.2) is 22.7 Å². The predicted molar refractivity (Wildman–Crippen MR) is 79.2 cm³/mol. The van der Waals surface area contributed by atoms with Gasteiger partial charge < -0.3 is 15.6 Å². The molecule has 19 heavy (non-hydrogen) atoms. The van der Waals surface area contributed by atoms with Gasteiger partial charge in [-0.15, -0.1) is 0 Å². The second kappa shape index (κ2) is 5.34. The number of hydrogen-bond acceptors (Lipinski definition) is 4. The summed E-state index contributed by atoms with van der Waals surface area (Å²) in [6.45, 7) is 9.10. The lowest BCUT2D eigenvalue weighted by Crippen LogP contribution is -2.09. The predicted octanol–water partition coefficient (Wildman–Crippen LogP) is 3.61. The van der Waals surface area contributed by atoms with Gasteiger partial charge in [-0.3, -0.25) is 0 Å². The number of anilines is 2. The number of nitrogen functional groups attached to an aromatic ring is 1. The van der Waals surface area contributed by atoms with Gasteiger partial charge in [-0.25, -0.2) is 0 Å². The third-order valence-electron chi connectivity index (χ3n) is 3.07. The van der Waals surface area contributed by atoms with Crippen molar-refractivity contribution in [2.75, 3.05) is 17.6 Å². The fourth-order valence-corrected chi connectivity index (χ4v) is 2.09. The Kier molecular flexibility index (Phi) is 3.79. The first-order valence-electron chi connectivity index (χ1n) is 6.55. The van der Waals surface area contributed by atoms with Crippen molar-refractivity contribution in [3.8, 4) is 11.1 Å². The lowest BCUT2D eigenvalue weighted by Gasteiger charge is -2.12. The Labute approximate surface area is 114 Å². The Balaban J connectivity index is 2.29. The lowest BCUT2D eigenvalue weighted by molar-refractivity contribution is 0.393. The van der Waals surface area contributed by atoms with Crippen molar-refractivity contribution in [2.45, 2.75) is 27.7 Å². The van der Waals surface area contributed by atoms with Crippen molar-refractivity contribution < 1.29 is 4.52 Å². The molecular weight excluding hydrogens is 238 g/mol. The van der Waals surface area contributed by atoms with E-state index >= 15 is 0 Å². The molecule has 1 aromatic carbocycles. The Hall–Kier alpha value is -1.97. The molecule has 0 radical (unpaired) electrons. The zero-order chi connectivity index (χ0) is 14.0. The maximum Gasteiger partial charge on any atom is 0.141 e. The van der Waals surface area contributed by atoms with Gasteiger partial charge in [-0.2, -0.15) is 0 Å². The SMILES string of the molecule is Cc1noc(C)c1-c1ccc(NCC(C)C)c(N)c1. The Morgan fingerprint density at radius 3 is 2.58 bits per heavy atom. The van der Waals surface area contributed by atoms with Crippen molar-refractivity contribution in [1.82, 2.24) is 5.16 Å². The molecule has 0 bridgehead atoms. The van der Waals surface area contributed by atoms with E-state index in [-0.39, 0.29) is 0 Å². The molecular formula is C15H21N3O. The van der Waals surface area contributed by atoms with E-state index < -0.39 is 0 Å². The van der Waals surface area contributed by atoms with E-state index in [1.165, 1.54) is 0 Å². The maximum absolute atomic E-state index is 6.10. The van der Waals surface area contributed by atoms with Gasteiger partial charge >= 0.3 is 0 Å². The van der Waals surface area contributed by atoms with E-state index in [2.05, 4.69) is 24.3 Å². The third kappa shape index (κ3) is 2.89. The smallest absolute Gasteiger partial charge is 0.141 e. The second-order valence-electron chi connectivity index (χ2n) is 5.28. The second-order valence-corrected chi connectivity index (χ2v) is 5.28. The van der Waals surface area contributed by atoms with Gasteiger partial charge in [0, 0.05) is 12.1 Å². The van der Waals surface area contributed by atoms with Crippen LogP contribution in [0.3, 0.4) is 0 Å². The number of nitrogens with two attached hydrogens (primary N) is 1. The molecule has 2 rings (SSSR count). The molecule has 4 heteroatoms. The maximum atomic E-state index is 6.10. The van der Waals surface area contributed by atoms with E-state index in [4.69, 9.17) is 10.3 Å². The van der Waals surface area contributed by atoms with Crippen LogP contribution in [0.5, 0.6) is 0 Å².